The minimum absolute atomic E-state index is 0.159. The third-order valence-corrected chi connectivity index (χ3v) is 3.30. The topological polar surface area (TPSA) is 92.9 Å². The zero-order chi connectivity index (χ0) is 16.2. The molecule has 2 rings (SSSR count). The van der Waals surface area contributed by atoms with Gasteiger partial charge in [0.05, 0.1) is 11.8 Å². The predicted molar refractivity (Wildman–Crippen MR) is 81.6 cm³/mol. The van der Waals surface area contributed by atoms with Gasteiger partial charge >= 0.3 is 0 Å². The average Bonchev–Trinajstić information content (AvgIpc) is 2.98. The van der Waals surface area contributed by atoms with Crippen molar-refractivity contribution in [3.63, 3.8) is 0 Å². The van der Waals surface area contributed by atoms with E-state index in [-0.39, 0.29) is 11.3 Å². The number of nitrogens with zero attached hydrogens (tertiary/aromatic N) is 4. The Balaban J connectivity index is 2.03. The molecule has 0 spiro atoms. The molecule has 1 heterocycles. The van der Waals surface area contributed by atoms with Gasteiger partial charge in [0, 0.05) is 12.1 Å². The number of benzene rings is 1. The number of aromatic nitrogens is 4. The molecule has 0 aliphatic carbocycles. The van der Waals surface area contributed by atoms with Crippen LogP contribution < -0.4 is 5.32 Å². The highest BCUT2D eigenvalue weighted by Gasteiger charge is 2.21. The maximum atomic E-state index is 12.3. The SMILES string of the molecule is CC(O)CC(C)(C)CNC(=O)c1cccc(-n2cnnn2)c1. The summed E-state index contributed by atoms with van der Waals surface area (Å²) >= 11 is 0. The van der Waals surface area contributed by atoms with Crippen molar-refractivity contribution in [1.82, 2.24) is 25.5 Å². The van der Waals surface area contributed by atoms with Gasteiger partial charge in [-0.1, -0.05) is 19.9 Å². The first-order valence-electron chi connectivity index (χ1n) is 7.17. The molecular formula is C15H21N5O2. The molecular weight excluding hydrogens is 282 g/mol. The number of carbonyl (C=O) groups excluding carboxylic acids is 1. The second-order valence-corrected chi connectivity index (χ2v) is 6.20. The molecule has 118 valence electrons. The van der Waals surface area contributed by atoms with Gasteiger partial charge in [-0.05, 0) is 47.4 Å². The van der Waals surface area contributed by atoms with Crippen molar-refractivity contribution < 1.29 is 9.90 Å². The molecule has 7 nitrogen and oxygen atoms in total. The fraction of sp³-hybridized carbons (Fsp3) is 0.467. The number of aliphatic hydroxyl groups excluding tert-OH is 1. The number of tetrazole rings is 1. The van der Waals surface area contributed by atoms with E-state index < -0.39 is 6.10 Å². The summed E-state index contributed by atoms with van der Waals surface area (Å²) in [5.41, 5.74) is 1.10. The lowest BCUT2D eigenvalue weighted by atomic mass is 9.87. The number of hydrogen-bond donors (Lipinski definition) is 2. The van der Waals surface area contributed by atoms with Crippen LogP contribution in [0.15, 0.2) is 30.6 Å². The maximum absolute atomic E-state index is 12.3. The van der Waals surface area contributed by atoms with Crippen LogP contribution in [0.1, 0.15) is 37.6 Å². The third-order valence-electron chi connectivity index (χ3n) is 3.30. The van der Waals surface area contributed by atoms with Gasteiger partial charge in [-0.2, -0.15) is 0 Å². The quantitative estimate of drug-likeness (QED) is 0.836. The first-order chi connectivity index (χ1) is 10.4. The molecule has 1 atom stereocenters. The monoisotopic (exact) mass is 303 g/mol. The van der Waals surface area contributed by atoms with Gasteiger partial charge < -0.3 is 10.4 Å². The van der Waals surface area contributed by atoms with Crippen molar-refractivity contribution >= 4 is 5.91 Å². The zero-order valence-electron chi connectivity index (χ0n) is 13.0. The fourth-order valence-electron chi connectivity index (χ4n) is 2.36. The highest BCUT2D eigenvalue weighted by molar-refractivity contribution is 5.94. The Morgan fingerprint density at radius 2 is 2.23 bits per heavy atom. The van der Waals surface area contributed by atoms with Crippen LogP contribution in [-0.2, 0) is 0 Å². The molecule has 0 bridgehead atoms. The van der Waals surface area contributed by atoms with E-state index in [2.05, 4.69) is 20.8 Å². The lowest BCUT2D eigenvalue weighted by Crippen LogP contribution is -2.35. The summed E-state index contributed by atoms with van der Waals surface area (Å²) in [6.07, 6.45) is 1.70. The van der Waals surface area contributed by atoms with E-state index in [9.17, 15) is 9.90 Å². The second kappa shape index (κ2) is 6.65. The Morgan fingerprint density at radius 3 is 2.86 bits per heavy atom. The van der Waals surface area contributed by atoms with Crippen molar-refractivity contribution in [3.8, 4) is 5.69 Å². The fourth-order valence-corrected chi connectivity index (χ4v) is 2.36. The summed E-state index contributed by atoms with van der Waals surface area (Å²) in [7, 11) is 0. The Kier molecular flexibility index (Phi) is 4.87. The number of nitrogens with one attached hydrogen (secondary N) is 1. The van der Waals surface area contributed by atoms with Crippen LogP contribution in [0.3, 0.4) is 0 Å². The van der Waals surface area contributed by atoms with Gasteiger partial charge in [-0.15, -0.1) is 5.10 Å². The van der Waals surface area contributed by atoms with E-state index >= 15 is 0 Å². The van der Waals surface area contributed by atoms with E-state index in [0.29, 0.717) is 18.5 Å². The van der Waals surface area contributed by atoms with Crippen LogP contribution in [0.5, 0.6) is 0 Å². The van der Waals surface area contributed by atoms with Crippen molar-refractivity contribution in [2.45, 2.75) is 33.3 Å². The molecule has 0 aliphatic rings. The molecule has 0 saturated heterocycles. The second-order valence-electron chi connectivity index (χ2n) is 6.20. The van der Waals surface area contributed by atoms with Crippen LogP contribution in [0.2, 0.25) is 0 Å². The van der Waals surface area contributed by atoms with E-state index in [0.717, 1.165) is 5.69 Å². The highest BCUT2D eigenvalue weighted by atomic mass is 16.3. The zero-order valence-corrected chi connectivity index (χ0v) is 13.0. The molecule has 7 heteroatoms. The van der Waals surface area contributed by atoms with E-state index in [1.54, 1.807) is 25.1 Å². The number of hydrogen-bond acceptors (Lipinski definition) is 5. The summed E-state index contributed by atoms with van der Waals surface area (Å²) < 4.78 is 1.49. The van der Waals surface area contributed by atoms with E-state index in [1.165, 1.54) is 11.0 Å². The summed E-state index contributed by atoms with van der Waals surface area (Å²) in [6, 6.07) is 7.08. The molecule has 0 saturated carbocycles. The first-order valence-corrected chi connectivity index (χ1v) is 7.17. The van der Waals surface area contributed by atoms with Gasteiger partial charge in [0.2, 0.25) is 0 Å². The molecule has 22 heavy (non-hydrogen) atoms. The maximum Gasteiger partial charge on any atom is 0.251 e. The van der Waals surface area contributed by atoms with Crippen LogP contribution in [0.4, 0.5) is 0 Å². The van der Waals surface area contributed by atoms with Crippen molar-refractivity contribution in [2.24, 2.45) is 5.41 Å². The van der Waals surface area contributed by atoms with Crippen LogP contribution in [0, 0.1) is 5.41 Å². The predicted octanol–water partition coefficient (Wildman–Crippen LogP) is 1.19. The number of amides is 1. The van der Waals surface area contributed by atoms with Crippen molar-refractivity contribution in [1.29, 1.82) is 0 Å². The number of aliphatic hydroxyl groups is 1. The van der Waals surface area contributed by atoms with Gasteiger partial charge in [0.1, 0.15) is 6.33 Å². The molecule has 0 radical (unpaired) electrons. The third kappa shape index (κ3) is 4.36. The van der Waals surface area contributed by atoms with Crippen LogP contribution in [-0.4, -0.2) is 43.9 Å². The molecule has 1 unspecified atom stereocenters. The van der Waals surface area contributed by atoms with Crippen molar-refractivity contribution in [2.75, 3.05) is 6.54 Å². The Bertz CT molecular complexity index is 623. The Hall–Kier alpha value is -2.28. The largest absolute Gasteiger partial charge is 0.393 e. The van der Waals surface area contributed by atoms with Crippen LogP contribution in [0.25, 0.3) is 5.69 Å². The highest BCUT2D eigenvalue weighted by Crippen LogP contribution is 2.21. The summed E-state index contributed by atoms with van der Waals surface area (Å²) in [6.45, 7) is 6.26. The molecule has 1 amide bonds. The van der Waals surface area contributed by atoms with Gasteiger partial charge in [0.15, 0.2) is 0 Å². The Labute approximate surface area is 129 Å². The van der Waals surface area contributed by atoms with Crippen molar-refractivity contribution in [3.05, 3.63) is 36.2 Å². The lowest BCUT2D eigenvalue weighted by Gasteiger charge is -2.26. The number of carbonyl (C=O) groups is 1. The van der Waals surface area contributed by atoms with Gasteiger partial charge in [-0.3, -0.25) is 4.79 Å². The standard InChI is InChI=1S/C15H21N5O2/c1-11(21)8-15(2,3)9-16-14(22)12-5-4-6-13(7-12)20-10-17-18-19-20/h4-7,10-11,21H,8-9H2,1-3H3,(H,16,22). The van der Waals surface area contributed by atoms with E-state index in [4.69, 9.17) is 0 Å². The van der Waals surface area contributed by atoms with E-state index in [1.807, 2.05) is 19.9 Å². The average molecular weight is 303 g/mol. The smallest absolute Gasteiger partial charge is 0.251 e. The summed E-state index contributed by atoms with van der Waals surface area (Å²) in [5.74, 6) is -0.159. The normalized spacial score (nSPS) is 12.9. The lowest BCUT2D eigenvalue weighted by molar-refractivity contribution is 0.0902. The van der Waals surface area contributed by atoms with Gasteiger partial charge in [-0.25, -0.2) is 4.68 Å². The minimum atomic E-state index is -0.393. The molecule has 2 aromatic rings. The van der Waals surface area contributed by atoms with Gasteiger partial charge in [0.25, 0.3) is 5.91 Å². The first kappa shape index (κ1) is 16.1. The summed E-state index contributed by atoms with van der Waals surface area (Å²) in [4.78, 5) is 12.3. The molecule has 0 fully saturated rings. The Morgan fingerprint density at radius 1 is 1.45 bits per heavy atom. The number of rotatable bonds is 6. The molecule has 0 aliphatic heterocycles. The molecule has 1 aromatic carbocycles. The molecule has 1 aromatic heterocycles. The minimum Gasteiger partial charge on any atom is -0.393 e. The summed E-state index contributed by atoms with van der Waals surface area (Å²) in [5, 5.41) is 23.3. The molecule has 2 N–H and O–H groups in total. The van der Waals surface area contributed by atoms with Crippen LogP contribution >= 0.6 is 0 Å².